The van der Waals surface area contributed by atoms with Gasteiger partial charge in [-0.2, -0.15) is 0 Å². The highest BCUT2D eigenvalue weighted by Gasteiger charge is 2.45. The highest BCUT2D eigenvalue weighted by atomic mass is 16.6. The first kappa shape index (κ1) is 44.3. The number of rotatable bonds is 8. The van der Waals surface area contributed by atoms with Crippen LogP contribution >= 0.6 is 0 Å². The molecule has 10 rings (SSSR count). The Morgan fingerprint density at radius 3 is 1.91 bits per heavy atom. The van der Waals surface area contributed by atoms with Crippen LogP contribution in [0.1, 0.15) is 157 Å². The van der Waals surface area contributed by atoms with Gasteiger partial charge in [0.1, 0.15) is 28.8 Å². The molecule has 4 aliphatic rings. The summed E-state index contributed by atoms with van der Waals surface area (Å²) in [6, 6.07) is 7.90. The van der Waals surface area contributed by atoms with Crippen molar-refractivity contribution in [1.82, 2.24) is 29.8 Å². The number of aryl methyl sites for hydroxylation is 4. The monoisotopic (exact) mass is 878 g/mol. The smallest absolute Gasteiger partial charge is 0.420 e. The minimum atomic E-state index is -1.12. The van der Waals surface area contributed by atoms with E-state index in [-0.39, 0.29) is 17.4 Å². The van der Waals surface area contributed by atoms with Gasteiger partial charge in [0.2, 0.25) is 0 Å². The fourth-order valence-corrected chi connectivity index (χ4v) is 9.75. The number of fused-ring (bicyclic) bond motifs is 2. The average Bonchev–Trinajstić information content (AvgIpc) is 4.00. The molecule has 4 N–H and O–H groups in total. The van der Waals surface area contributed by atoms with Crippen molar-refractivity contribution in [3.63, 3.8) is 0 Å². The van der Waals surface area contributed by atoms with Crippen LogP contribution in [0.5, 0.6) is 0 Å². The van der Waals surface area contributed by atoms with Gasteiger partial charge in [-0.1, -0.05) is 10.3 Å². The second-order valence-corrected chi connectivity index (χ2v) is 20.8. The van der Waals surface area contributed by atoms with Crippen molar-refractivity contribution in [3.8, 4) is 22.3 Å². The predicted molar refractivity (Wildman–Crippen MR) is 239 cm³/mol. The molecule has 2 aromatic carbocycles. The SMILES string of the molecule is Cc1noc(C)c1-c1cc(C(O)C2CC(C)(C)OC2O)c2nc(C3CC3)n(C(=O)OC(C)(C)C)c2c1.Cc1noc(C)c1-c1cc(C(O)C2COC(C)(C)C2)c2nc(C3CC3)[nH]c2c1. The summed E-state index contributed by atoms with van der Waals surface area (Å²) in [5.41, 5.74) is 7.90. The summed E-state index contributed by atoms with van der Waals surface area (Å²) in [6.45, 7) is 21.5. The van der Waals surface area contributed by atoms with Gasteiger partial charge in [-0.25, -0.2) is 19.3 Å². The van der Waals surface area contributed by atoms with Crippen molar-refractivity contribution in [2.75, 3.05) is 6.61 Å². The lowest BCUT2D eigenvalue weighted by atomic mass is 9.87. The topological polar surface area (TPSA) is 204 Å². The fraction of sp³-hybridized carbons (Fsp3) is 0.571. The van der Waals surface area contributed by atoms with E-state index in [1.807, 2.05) is 74.4 Å². The van der Waals surface area contributed by atoms with Crippen LogP contribution < -0.4 is 0 Å². The van der Waals surface area contributed by atoms with E-state index in [2.05, 4.69) is 41.3 Å². The number of nitrogens with zero attached hydrogens (tertiary/aromatic N) is 5. The molecule has 2 saturated heterocycles. The summed E-state index contributed by atoms with van der Waals surface area (Å²) < 4.78 is 29.7. The van der Waals surface area contributed by atoms with Crippen LogP contribution in [0.15, 0.2) is 33.3 Å². The molecule has 0 spiro atoms. The van der Waals surface area contributed by atoms with Gasteiger partial charge < -0.3 is 43.6 Å². The summed E-state index contributed by atoms with van der Waals surface area (Å²) in [6.07, 6.45) is 2.20. The van der Waals surface area contributed by atoms with Gasteiger partial charge in [0.15, 0.2) is 6.29 Å². The lowest BCUT2D eigenvalue weighted by Gasteiger charge is -2.22. The Morgan fingerprint density at radius 2 is 1.41 bits per heavy atom. The van der Waals surface area contributed by atoms with Gasteiger partial charge in [0.05, 0.1) is 63.5 Å². The molecule has 4 fully saturated rings. The van der Waals surface area contributed by atoms with E-state index in [0.717, 1.165) is 75.4 Å². The Kier molecular flexibility index (Phi) is 11.0. The Labute approximate surface area is 372 Å². The molecule has 64 heavy (non-hydrogen) atoms. The second kappa shape index (κ2) is 15.9. The number of ether oxygens (including phenoxy) is 3. The summed E-state index contributed by atoms with van der Waals surface area (Å²) >= 11 is 0. The maximum atomic E-state index is 13.4. The third-order valence-corrected chi connectivity index (χ3v) is 13.0. The number of carbonyl (C=O) groups excluding carboxylic acids is 1. The van der Waals surface area contributed by atoms with E-state index in [4.69, 9.17) is 33.2 Å². The van der Waals surface area contributed by atoms with Crippen LogP contribution in [-0.4, -0.2) is 80.9 Å². The van der Waals surface area contributed by atoms with Crippen LogP contribution in [0.3, 0.4) is 0 Å². The molecular weight excluding hydrogens is 817 g/mol. The van der Waals surface area contributed by atoms with E-state index in [1.165, 1.54) is 12.8 Å². The lowest BCUT2D eigenvalue weighted by Crippen LogP contribution is -2.28. The Hall–Kier alpha value is -4.93. The number of H-pyrrole nitrogens is 1. The molecular formula is C49H62N6O9. The van der Waals surface area contributed by atoms with Gasteiger partial charge in [-0.3, -0.25) is 0 Å². The number of nitrogens with one attached hydrogen (secondary N) is 1. The summed E-state index contributed by atoms with van der Waals surface area (Å²) in [5.74, 6) is 3.24. The number of hydrogen-bond donors (Lipinski definition) is 4. The third kappa shape index (κ3) is 8.53. The fourth-order valence-electron chi connectivity index (χ4n) is 9.75. The molecule has 0 bridgehead atoms. The summed E-state index contributed by atoms with van der Waals surface area (Å²) in [5, 5.41) is 41.8. The normalized spacial score (nSPS) is 22.8. The zero-order valence-electron chi connectivity index (χ0n) is 38.8. The number of aromatic nitrogens is 6. The molecule has 4 aromatic heterocycles. The highest BCUT2D eigenvalue weighted by molar-refractivity contribution is 5.93. The van der Waals surface area contributed by atoms with Crippen LogP contribution in [0, 0.1) is 39.5 Å². The largest absolute Gasteiger partial charge is 0.443 e. The zero-order chi connectivity index (χ0) is 45.8. The molecule has 0 amide bonds. The number of carbonyl (C=O) groups is 1. The molecule has 0 radical (unpaired) electrons. The first-order valence-corrected chi connectivity index (χ1v) is 22.6. The van der Waals surface area contributed by atoms with Gasteiger partial charge in [-0.15, -0.1) is 0 Å². The van der Waals surface area contributed by atoms with Crippen molar-refractivity contribution < 1.29 is 43.4 Å². The molecule has 5 atom stereocenters. The molecule has 2 aliphatic carbocycles. The van der Waals surface area contributed by atoms with Crippen molar-refractivity contribution in [2.45, 2.75) is 162 Å². The Balaban J connectivity index is 0.000000167. The minimum Gasteiger partial charge on any atom is -0.443 e. The molecule has 15 heteroatoms. The molecule has 6 heterocycles. The highest BCUT2D eigenvalue weighted by Crippen LogP contribution is 2.47. The number of benzene rings is 2. The molecule has 5 unspecified atom stereocenters. The van der Waals surface area contributed by atoms with Gasteiger partial charge in [-0.05, 0) is 150 Å². The average molecular weight is 879 g/mol. The molecule has 2 saturated carbocycles. The maximum Gasteiger partial charge on any atom is 0.420 e. The van der Waals surface area contributed by atoms with Crippen molar-refractivity contribution in [3.05, 3.63) is 69.9 Å². The number of aliphatic hydroxyl groups is 3. The van der Waals surface area contributed by atoms with E-state index in [1.54, 1.807) is 4.57 Å². The van der Waals surface area contributed by atoms with E-state index in [9.17, 15) is 20.1 Å². The number of hydrogen-bond acceptors (Lipinski definition) is 13. The number of imidazole rings is 2. The Bertz CT molecular complexity index is 2700. The van der Waals surface area contributed by atoms with Crippen LogP contribution in [0.25, 0.3) is 44.3 Å². The number of aromatic amines is 1. The van der Waals surface area contributed by atoms with Gasteiger partial charge in [0.25, 0.3) is 0 Å². The summed E-state index contributed by atoms with van der Waals surface area (Å²) in [7, 11) is 0. The van der Waals surface area contributed by atoms with Crippen molar-refractivity contribution in [1.29, 1.82) is 0 Å². The lowest BCUT2D eigenvalue weighted by molar-refractivity contribution is -0.147. The zero-order valence-corrected chi connectivity index (χ0v) is 38.8. The minimum absolute atomic E-state index is 0.0548. The second-order valence-electron chi connectivity index (χ2n) is 20.8. The van der Waals surface area contributed by atoms with Gasteiger partial charge in [0, 0.05) is 45.9 Å². The summed E-state index contributed by atoms with van der Waals surface area (Å²) in [4.78, 5) is 26.7. The Morgan fingerprint density at radius 1 is 0.812 bits per heavy atom. The molecule has 2 aliphatic heterocycles. The van der Waals surface area contributed by atoms with E-state index >= 15 is 0 Å². The van der Waals surface area contributed by atoms with Crippen LogP contribution in [-0.2, 0) is 14.2 Å². The van der Waals surface area contributed by atoms with Crippen molar-refractivity contribution >= 4 is 28.2 Å². The number of aliphatic hydroxyl groups excluding tert-OH is 3. The van der Waals surface area contributed by atoms with E-state index < -0.39 is 41.7 Å². The van der Waals surface area contributed by atoms with Gasteiger partial charge >= 0.3 is 6.09 Å². The molecule has 15 nitrogen and oxygen atoms in total. The maximum absolute atomic E-state index is 13.4. The van der Waals surface area contributed by atoms with Crippen LogP contribution in [0.4, 0.5) is 4.79 Å². The first-order chi connectivity index (χ1) is 30.1. The molecule has 342 valence electrons. The first-order valence-electron chi connectivity index (χ1n) is 22.6. The van der Waals surface area contributed by atoms with Crippen molar-refractivity contribution in [2.24, 2.45) is 11.8 Å². The van der Waals surface area contributed by atoms with Crippen LogP contribution in [0.2, 0.25) is 0 Å². The standard InChI is InChI=1S/C27H35N3O6.C22H27N3O3/c1-13-20(14(2)36-29-13)16-10-17(22(31)18-12-27(6,7)34-24(18)32)21-19(11-16)30(23(28-21)15-8-9-15)25(33)35-26(3,4)5;1-11-18(12(2)28-25-11)14-7-16(20(26)15-9-22(3,4)27-10-15)19-17(8-14)23-21(24-19)13-5-6-13/h10-11,15,18,22,24,31-32H,8-9,12H2,1-7H3;7-8,13,15,20,26H,5-6,9-10H2,1-4H3,(H,23,24). The molecule has 6 aromatic rings. The predicted octanol–water partition coefficient (Wildman–Crippen LogP) is 9.70. The van der Waals surface area contributed by atoms with E-state index in [0.29, 0.717) is 52.8 Å². The quantitative estimate of drug-likeness (QED) is 0.113. The third-order valence-electron chi connectivity index (χ3n) is 13.0.